The standard InChI is InChI=1S/C15H19N2O2/c1-11-14(9-10-15(18)19-3)12(2)17(16-11)13-7-5-4-6-8-13/h4-8,14H,9-10H2,1-3H3/q+1/t14-/m0/s1. The summed E-state index contributed by atoms with van der Waals surface area (Å²) in [6.07, 6.45) is 1.17. The van der Waals surface area contributed by atoms with Crippen molar-refractivity contribution in [1.29, 1.82) is 0 Å². The second-order valence-electron chi connectivity index (χ2n) is 4.70. The third kappa shape index (κ3) is 2.89. The molecule has 1 aliphatic heterocycles. The fraction of sp³-hybridized carbons (Fsp3) is 0.400. The zero-order valence-electron chi connectivity index (χ0n) is 11.6. The second kappa shape index (κ2) is 5.78. The van der Waals surface area contributed by atoms with Gasteiger partial charge in [0.1, 0.15) is 0 Å². The molecule has 1 aromatic rings. The van der Waals surface area contributed by atoms with Crippen LogP contribution >= 0.6 is 0 Å². The maximum absolute atomic E-state index is 11.2. The molecule has 0 radical (unpaired) electrons. The summed E-state index contributed by atoms with van der Waals surface area (Å²) in [4.78, 5) is 11.2. The van der Waals surface area contributed by atoms with Crippen molar-refractivity contribution in [3.05, 3.63) is 30.3 Å². The number of para-hydroxylation sites is 1. The summed E-state index contributed by atoms with van der Waals surface area (Å²) in [5.41, 5.74) is 3.26. The predicted molar refractivity (Wildman–Crippen MR) is 74.9 cm³/mol. The number of nitrogens with zero attached hydrogens (tertiary/aromatic N) is 2. The number of methoxy groups -OCH3 is 1. The topological polar surface area (TPSA) is 41.7 Å². The molecule has 0 unspecified atom stereocenters. The van der Waals surface area contributed by atoms with Gasteiger partial charge in [0.2, 0.25) is 5.69 Å². The number of hydrazone groups is 1. The molecular formula is C15H19N2O2+. The van der Waals surface area contributed by atoms with Crippen molar-refractivity contribution in [3.8, 4) is 0 Å². The minimum Gasteiger partial charge on any atom is -0.469 e. The van der Waals surface area contributed by atoms with Crippen LogP contribution in [0.5, 0.6) is 0 Å². The summed E-state index contributed by atoms with van der Waals surface area (Å²) in [6, 6.07) is 10.0. The molecule has 100 valence electrons. The quantitative estimate of drug-likeness (QED) is 0.616. The first-order valence-electron chi connectivity index (χ1n) is 6.44. The molecule has 4 nitrogen and oxygen atoms in total. The highest BCUT2D eigenvalue weighted by Gasteiger charge is 2.33. The van der Waals surface area contributed by atoms with E-state index in [0.29, 0.717) is 6.42 Å². The van der Waals surface area contributed by atoms with Gasteiger partial charge in [-0.15, -0.1) is 0 Å². The SMILES string of the molecule is COC(=O)CC[C@H]1C(C)=N[N+](c2ccccc2)=C1C. The third-order valence-electron chi connectivity index (χ3n) is 3.47. The van der Waals surface area contributed by atoms with Crippen molar-refractivity contribution in [2.24, 2.45) is 11.0 Å². The van der Waals surface area contributed by atoms with Crippen LogP contribution in [0.15, 0.2) is 35.4 Å². The Bertz CT molecular complexity index is 532. The average molecular weight is 259 g/mol. The van der Waals surface area contributed by atoms with Crippen molar-refractivity contribution in [3.63, 3.8) is 0 Å². The Balaban J connectivity index is 2.18. The molecule has 0 N–H and O–H groups in total. The monoisotopic (exact) mass is 259 g/mol. The lowest BCUT2D eigenvalue weighted by Gasteiger charge is -2.05. The molecule has 1 heterocycles. The first-order valence-corrected chi connectivity index (χ1v) is 6.44. The number of hydrogen-bond donors (Lipinski definition) is 0. The van der Waals surface area contributed by atoms with Crippen LogP contribution < -0.4 is 0 Å². The van der Waals surface area contributed by atoms with E-state index in [9.17, 15) is 4.79 Å². The van der Waals surface area contributed by atoms with Gasteiger partial charge >= 0.3 is 5.97 Å². The van der Waals surface area contributed by atoms with Gasteiger partial charge in [0.05, 0.1) is 18.7 Å². The number of benzene rings is 1. The molecule has 4 heteroatoms. The van der Waals surface area contributed by atoms with Gasteiger partial charge < -0.3 is 4.74 Å². The molecule has 0 aliphatic carbocycles. The molecular weight excluding hydrogens is 240 g/mol. The maximum atomic E-state index is 11.2. The average Bonchev–Trinajstić information content (AvgIpc) is 2.72. The number of carbonyl (C=O) groups is 1. The summed E-state index contributed by atoms with van der Waals surface area (Å²) in [6.45, 7) is 4.07. The predicted octanol–water partition coefficient (Wildman–Crippen LogP) is 2.75. The van der Waals surface area contributed by atoms with Crippen LogP contribution in [-0.2, 0) is 9.53 Å². The van der Waals surface area contributed by atoms with Gasteiger partial charge in [0, 0.05) is 25.5 Å². The molecule has 0 spiro atoms. The van der Waals surface area contributed by atoms with Crippen LogP contribution in [-0.4, -0.2) is 29.2 Å². The van der Waals surface area contributed by atoms with E-state index >= 15 is 0 Å². The molecule has 19 heavy (non-hydrogen) atoms. The number of carbonyl (C=O) groups excluding carboxylic acids is 1. The molecule has 0 saturated heterocycles. The van der Waals surface area contributed by atoms with Gasteiger partial charge in [-0.1, -0.05) is 22.9 Å². The summed E-state index contributed by atoms with van der Waals surface area (Å²) < 4.78 is 6.65. The molecule has 0 amide bonds. The molecule has 1 atom stereocenters. The lowest BCUT2D eigenvalue weighted by molar-refractivity contribution is -0.443. The second-order valence-corrected chi connectivity index (χ2v) is 4.70. The molecule has 0 aromatic heterocycles. The summed E-state index contributed by atoms with van der Waals surface area (Å²) in [7, 11) is 1.42. The normalized spacial score (nSPS) is 18.5. The van der Waals surface area contributed by atoms with Gasteiger partial charge in [-0.05, 0) is 18.4 Å². The van der Waals surface area contributed by atoms with Gasteiger partial charge in [-0.25, -0.2) is 0 Å². The van der Waals surface area contributed by atoms with Gasteiger partial charge in [-0.3, -0.25) is 4.79 Å². The van der Waals surface area contributed by atoms with E-state index in [1.807, 2.05) is 41.9 Å². The van der Waals surface area contributed by atoms with E-state index in [1.54, 1.807) is 0 Å². The van der Waals surface area contributed by atoms with E-state index in [1.165, 1.54) is 7.11 Å². The lowest BCUT2D eigenvalue weighted by atomic mass is 9.94. The number of hydrogen-bond acceptors (Lipinski definition) is 3. The highest BCUT2D eigenvalue weighted by molar-refractivity contribution is 6.05. The Kier molecular flexibility index (Phi) is 4.10. The highest BCUT2D eigenvalue weighted by Crippen LogP contribution is 2.23. The van der Waals surface area contributed by atoms with Crippen molar-refractivity contribution in [2.45, 2.75) is 26.7 Å². The van der Waals surface area contributed by atoms with E-state index in [-0.39, 0.29) is 11.9 Å². The van der Waals surface area contributed by atoms with E-state index in [0.717, 1.165) is 23.5 Å². The zero-order chi connectivity index (χ0) is 13.8. The highest BCUT2D eigenvalue weighted by atomic mass is 16.5. The van der Waals surface area contributed by atoms with Gasteiger partial charge in [0.25, 0.3) is 0 Å². The fourth-order valence-electron chi connectivity index (χ4n) is 2.37. The summed E-state index contributed by atoms with van der Waals surface area (Å²) >= 11 is 0. The van der Waals surface area contributed by atoms with E-state index < -0.39 is 0 Å². The van der Waals surface area contributed by atoms with Crippen molar-refractivity contribution in [2.75, 3.05) is 7.11 Å². The van der Waals surface area contributed by atoms with Crippen LogP contribution in [0.2, 0.25) is 0 Å². The first-order chi connectivity index (χ1) is 9.13. The van der Waals surface area contributed by atoms with E-state index in [4.69, 9.17) is 4.74 Å². The van der Waals surface area contributed by atoms with E-state index in [2.05, 4.69) is 12.0 Å². The lowest BCUT2D eigenvalue weighted by Crippen LogP contribution is -2.19. The number of rotatable bonds is 4. The molecule has 0 bridgehead atoms. The minimum atomic E-state index is -0.168. The van der Waals surface area contributed by atoms with Crippen molar-refractivity contribution < 1.29 is 14.2 Å². The molecule has 2 rings (SSSR count). The smallest absolute Gasteiger partial charge is 0.305 e. The van der Waals surface area contributed by atoms with Crippen LogP contribution in [0.1, 0.15) is 26.7 Å². The fourth-order valence-corrected chi connectivity index (χ4v) is 2.37. The van der Waals surface area contributed by atoms with Crippen molar-refractivity contribution >= 4 is 23.1 Å². The van der Waals surface area contributed by atoms with Crippen molar-refractivity contribution in [1.82, 2.24) is 0 Å². The number of esters is 1. The zero-order valence-corrected chi connectivity index (χ0v) is 11.6. The Hall–Kier alpha value is -1.97. The van der Waals surface area contributed by atoms with Crippen LogP contribution in [0.25, 0.3) is 0 Å². The Morgan fingerprint density at radius 3 is 2.63 bits per heavy atom. The van der Waals surface area contributed by atoms with Crippen LogP contribution in [0, 0.1) is 5.92 Å². The molecule has 0 saturated carbocycles. The van der Waals surface area contributed by atoms with Crippen LogP contribution in [0.3, 0.4) is 0 Å². The largest absolute Gasteiger partial charge is 0.469 e. The van der Waals surface area contributed by atoms with Crippen LogP contribution in [0.4, 0.5) is 5.69 Å². The Morgan fingerprint density at radius 1 is 1.32 bits per heavy atom. The van der Waals surface area contributed by atoms with Gasteiger partial charge in [-0.2, -0.15) is 0 Å². The molecule has 0 fully saturated rings. The third-order valence-corrected chi connectivity index (χ3v) is 3.47. The maximum Gasteiger partial charge on any atom is 0.305 e. The Morgan fingerprint density at radius 2 is 2.00 bits per heavy atom. The molecule has 1 aromatic carbocycles. The number of ether oxygens (including phenoxy) is 1. The first kappa shape index (κ1) is 13.5. The van der Waals surface area contributed by atoms with Gasteiger partial charge in [0.15, 0.2) is 5.71 Å². The minimum absolute atomic E-state index is 0.168. The summed E-state index contributed by atoms with van der Waals surface area (Å²) in [5.74, 6) is 0.0538. The molecule has 1 aliphatic rings. The summed E-state index contributed by atoms with van der Waals surface area (Å²) in [5, 5.41) is 4.59. The Labute approximate surface area is 113 Å².